The van der Waals surface area contributed by atoms with Crippen molar-refractivity contribution in [1.29, 1.82) is 0 Å². The molecular formula is C7H13ClO3S2. The highest BCUT2D eigenvalue weighted by molar-refractivity contribution is 8.14. The quantitative estimate of drug-likeness (QED) is 0.687. The molecular weight excluding hydrogens is 232 g/mol. The van der Waals surface area contributed by atoms with Gasteiger partial charge in [0.1, 0.15) is 0 Å². The molecule has 1 aliphatic carbocycles. The van der Waals surface area contributed by atoms with E-state index in [1.54, 1.807) is 6.26 Å². The topological polar surface area (TPSA) is 51.2 Å². The summed E-state index contributed by atoms with van der Waals surface area (Å²) in [6, 6.07) is 0. The predicted octanol–water partition coefficient (Wildman–Crippen LogP) is 1.24. The lowest BCUT2D eigenvalue weighted by molar-refractivity contribution is 0.492. The summed E-state index contributed by atoms with van der Waals surface area (Å²) >= 11 is 0. The van der Waals surface area contributed by atoms with Gasteiger partial charge in [0.05, 0.1) is 5.25 Å². The highest BCUT2D eigenvalue weighted by atomic mass is 35.7. The summed E-state index contributed by atoms with van der Waals surface area (Å²) in [5.74, 6) is 0. The van der Waals surface area contributed by atoms with Gasteiger partial charge in [-0.25, -0.2) is 8.42 Å². The Hall–Kier alpha value is 0.390. The third-order valence-corrected chi connectivity index (χ3v) is 5.79. The van der Waals surface area contributed by atoms with Crippen LogP contribution in [0.25, 0.3) is 0 Å². The van der Waals surface area contributed by atoms with Crippen LogP contribution in [0.4, 0.5) is 0 Å². The summed E-state index contributed by atoms with van der Waals surface area (Å²) in [5, 5.41) is -0.482. The Morgan fingerprint density at radius 2 is 2.00 bits per heavy atom. The van der Waals surface area contributed by atoms with E-state index < -0.39 is 25.1 Å². The summed E-state index contributed by atoms with van der Waals surface area (Å²) in [6.07, 6.45) is 4.34. The average molecular weight is 245 g/mol. The minimum atomic E-state index is -3.45. The van der Waals surface area contributed by atoms with Gasteiger partial charge in [-0.15, -0.1) is 0 Å². The maximum absolute atomic E-state index is 11.1. The van der Waals surface area contributed by atoms with Gasteiger partial charge in [0, 0.05) is 33.0 Å². The van der Waals surface area contributed by atoms with Crippen LogP contribution in [0, 0.1) is 0 Å². The molecule has 0 amide bonds. The molecule has 3 nitrogen and oxygen atoms in total. The van der Waals surface area contributed by atoms with Gasteiger partial charge in [-0.2, -0.15) is 0 Å². The smallest absolute Gasteiger partial charge is 0.235 e. The lowest BCUT2D eigenvalue weighted by Gasteiger charge is -2.25. The molecule has 1 rings (SSSR count). The van der Waals surface area contributed by atoms with Crippen LogP contribution < -0.4 is 0 Å². The third-order valence-electron chi connectivity index (χ3n) is 2.45. The molecule has 0 spiro atoms. The number of rotatable bonds is 2. The SMILES string of the molecule is CS(=O)C1CCCC(S(=O)(=O)Cl)C1. The molecule has 1 fully saturated rings. The van der Waals surface area contributed by atoms with E-state index in [-0.39, 0.29) is 5.25 Å². The summed E-state index contributed by atoms with van der Waals surface area (Å²) in [5.41, 5.74) is 0. The lowest BCUT2D eigenvalue weighted by atomic mass is 10.00. The molecule has 0 bridgehead atoms. The second kappa shape index (κ2) is 4.28. The minimum Gasteiger partial charge on any atom is -0.260 e. The van der Waals surface area contributed by atoms with Crippen LogP contribution in [0.2, 0.25) is 0 Å². The first-order valence-corrected chi connectivity index (χ1v) is 8.16. The Kier molecular flexibility index (Phi) is 3.77. The van der Waals surface area contributed by atoms with Gasteiger partial charge >= 0.3 is 0 Å². The van der Waals surface area contributed by atoms with Gasteiger partial charge in [0.15, 0.2) is 0 Å². The lowest BCUT2D eigenvalue weighted by Crippen LogP contribution is -2.30. The Morgan fingerprint density at radius 1 is 1.38 bits per heavy atom. The van der Waals surface area contributed by atoms with Crippen molar-refractivity contribution in [3.8, 4) is 0 Å². The number of hydrogen-bond acceptors (Lipinski definition) is 3. The maximum atomic E-state index is 11.1. The fourth-order valence-electron chi connectivity index (χ4n) is 1.66. The monoisotopic (exact) mass is 244 g/mol. The fourth-order valence-corrected chi connectivity index (χ4v) is 4.18. The van der Waals surface area contributed by atoms with E-state index >= 15 is 0 Å². The number of hydrogen-bond donors (Lipinski definition) is 0. The summed E-state index contributed by atoms with van der Waals surface area (Å²) in [7, 11) is 0.870. The standard InChI is InChI=1S/C7H13ClO3S2/c1-12(9)6-3-2-4-7(5-6)13(8,10)11/h6-7H,2-5H2,1H3. The molecule has 1 saturated carbocycles. The van der Waals surface area contributed by atoms with Gasteiger partial charge < -0.3 is 0 Å². The highest BCUT2D eigenvalue weighted by Gasteiger charge is 2.31. The molecule has 3 unspecified atom stereocenters. The van der Waals surface area contributed by atoms with Crippen molar-refractivity contribution in [3.05, 3.63) is 0 Å². The molecule has 0 aromatic rings. The summed E-state index contributed by atoms with van der Waals surface area (Å²) < 4.78 is 33.2. The second-order valence-electron chi connectivity index (χ2n) is 3.38. The van der Waals surface area contributed by atoms with Gasteiger partial charge in [-0.3, -0.25) is 4.21 Å². The van der Waals surface area contributed by atoms with Crippen LogP contribution in [0.3, 0.4) is 0 Å². The summed E-state index contributed by atoms with van der Waals surface area (Å²) in [4.78, 5) is 0. The van der Waals surface area contributed by atoms with Gasteiger partial charge in [0.25, 0.3) is 0 Å². The van der Waals surface area contributed by atoms with E-state index in [9.17, 15) is 12.6 Å². The van der Waals surface area contributed by atoms with Crippen LogP contribution >= 0.6 is 10.7 Å². The highest BCUT2D eigenvalue weighted by Crippen LogP contribution is 2.28. The molecule has 0 saturated heterocycles. The zero-order valence-electron chi connectivity index (χ0n) is 7.40. The summed E-state index contributed by atoms with van der Waals surface area (Å²) in [6.45, 7) is 0. The molecule has 6 heteroatoms. The first-order chi connectivity index (χ1) is 5.91. The van der Waals surface area contributed by atoms with Gasteiger partial charge in [-0.05, 0) is 19.3 Å². The van der Waals surface area contributed by atoms with E-state index in [1.165, 1.54) is 0 Å². The van der Waals surface area contributed by atoms with Crippen molar-refractivity contribution in [1.82, 2.24) is 0 Å². The third kappa shape index (κ3) is 3.22. The Morgan fingerprint density at radius 3 is 2.46 bits per heavy atom. The Labute approximate surface area is 85.7 Å². The Balaban J connectivity index is 2.67. The van der Waals surface area contributed by atoms with Crippen molar-refractivity contribution >= 4 is 30.5 Å². The zero-order valence-corrected chi connectivity index (χ0v) is 9.79. The van der Waals surface area contributed by atoms with E-state index in [0.29, 0.717) is 12.8 Å². The first kappa shape index (κ1) is 11.5. The average Bonchev–Trinajstić information content (AvgIpc) is 2.03. The van der Waals surface area contributed by atoms with Crippen LogP contribution in [-0.2, 0) is 19.9 Å². The maximum Gasteiger partial charge on any atom is 0.235 e. The van der Waals surface area contributed by atoms with Crippen molar-refractivity contribution in [2.75, 3.05) is 6.26 Å². The van der Waals surface area contributed by atoms with E-state index in [4.69, 9.17) is 10.7 Å². The van der Waals surface area contributed by atoms with Crippen LogP contribution in [0.15, 0.2) is 0 Å². The molecule has 0 aromatic heterocycles. The van der Waals surface area contributed by atoms with Crippen molar-refractivity contribution in [3.63, 3.8) is 0 Å². The molecule has 78 valence electrons. The Bertz CT molecular complexity index is 299. The molecule has 0 heterocycles. The molecule has 3 atom stereocenters. The minimum absolute atomic E-state index is 0.00674. The van der Waals surface area contributed by atoms with Crippen molar-refractivity contribution in [2.45, 2.75) is 36.2 Å². The van der Waals surface area contributed by atoms with E-state index in [0.717, 1.165) is 12.8 Å². The van der Waals surface area contributed by atoms with Crippen LogP contribution in [-0.4, -0.2) is 29.4 Å². The molecule has 13 heavy (non-hydrogen) atoms. The van der Waals surface area contributed by atoms with Crippen LogP contribution in [0.1, 0.15) is 25.7 Å². The zero-order chi connectivity index (χ0) is 10.1. The van der Waals surface area contributed by atoms with E-state index in [1.807, 2.05) is 0 Å². The van der Waals surface area contributed by atoms with E-state index in [2.05, 4.69) is 0 Å². The van der Waals surface area contributed by atoms with Gasteiger partial charge in [-0.1, -0.05) is 6.42 Å². The van der Waals surface area contributed by atoms with Crippen LogP contribution in [0.5, 0.6) is 0 Å². The predicted molar refractivity (Wildman–Crippen MR) is 54.9 cm³/mol. The second-order valence-corrected chi connectivity index (χ2v) is 7.96. The molecule has 0 radical (unpaired) electrons. The molecule has 0 aromatic carbocycles. The largest absolute Gasteiger partial charge is 0.260 e. The van der Waals surface area contributed by atoms with Crippen molar-refractivity contribution in [2.24, 2.45) is 0 Å². The van der Waals surface area contributed by atoms with Gasteiger partial charge in [0.2, 0.25) is 9.05 Å². The molecule has 0 N–H and O–H groups in total. The molecule has 0 aliphatic heterocycles. The normalized spacial score (nSPS) is 32.8. The first-order valence-electron chi connectivity index (χ1n) is 4.17. The van der Waals surface area contributed by atoms with Crippen molar-refractivity contribution < 1.29 is 12.6 Å². The number of halogens is 1. The molecule has 1 aliphatic rings. The fraction of sp³-hybridized carbons (Fsp3) is 1.00.